The Labute approximate surface area is 249 Å². The predicted molar refractivity (Wildman–Crippen MR) is 178 cm³/mol. The van der Waals surface area contributed by atoms with Gasteiger partial charge in [-0.1, -0.05) is 118 Å². The standard InChI is InChI=1S/C40H40N2/c1-37(2,3)34-32-26-19-21-15-16-22-20-28-31(23-13-11-12-14-27(23)39(28,7)8)24-17-18-25(30(21)29(22)24)33(26)40(9,10)35(32)42-36(41-34)38(4,5)6/h11-20H,1-10H3. The van der Waals surface area contributed by atoms with Crippen LogP contribution in [-0.2, 0) is 21.7 Å². The summed E-state index contributed by atoms with van der Waals surface area (Å²) in [4.78, 5) is 10.7. The first-order valence-corrected chi connectivity index (χ1v) is 15.4. The van der Waals surface area contributed by atoms with Gasteiger partial charge in [0.25, 0.3) is 0 Å². The maximum absolute atomic E-state index is 5.36. The van der Waals surface area contributed by atoms with Gasteiger partial charge in [-0.05, 0) is 77.8 Å². The largest absolute Gasteiger partial charge is 0.236 e. The number of benzene rings is 5. The summed E-state index contributed by atoms with van der Waals surface area (Å²) in [5, 5.41) is 8.14. The second kappa shape index (κ2) is 7.59. The van der Waals surface area contributed by atoms with Gasteiger partial charge in [0.2, 0.25) is 0 Å². The van der Waals surface area contributed by atoms with E-state index in [1.807, 2.05) is 0 Å². The van der Waals surface area contributed by atoms with Crippen LogP contribution in [0.15, 0.2) is 60.7 Å². The lowest BCUT2D eigenvalue weighted by Crippen LogP contribution is -2.26. The van der Waals surface area contributed by atoms with Gasteiger partial charge in [-0.15, -0.1) is 0 Å². The van der Waals surface area contributed by atoms with Crippen molar-refractivity contribution in [3.05, 3.63) is 94.6 Å². The third-order valence-corrected chi connectivity index (χ3v) is 10.2. The summed E-state index contributed by atoms with van der Waals surface area (Å²) in [5.41, 5.74) is 11.4. The van der Waals surface area contributed by atoms with Crippen molar-refractivity contribution in [3.63, 3.8) is 0 Å². The Kier molecular flexibility index (Phi) is 4.68. The quantitative estimate of drug-likeness (QED) is 0.176. The Morgan fingerprint density at radius 1 is 0.571 bits per heavy atom. The molecule has 0 spiro atoms. The van der Waals surface area contributed by atoms with Crippen LogP contribution in [0.1, 0.15) is 103 Å². The van der Waals surface area contributed by atoms with Crippen LogP contribution in [0.2, 0.25) is 0 Å². The van der Waals surface area contributed by atoms with E-state index in [0.29, 0.717) is 0 Å². The zero-order valence-electron chi connectivity index (χ0n) is 26.7. The van der Waals surface area contributed by atoms with Crippen molar-refractivity contribution in [2.75, 3.05) is 0 Å². The third kappa shape index (κ3) is 3.06. The number of hydrogen-bond acceptors (Lipinski definition) is 2. The lowest BCUT2D eigenvalue weighted by Gasteiger charge is -2.28. The molecule has 5 aromatic carbocycles. The van der Waals surface area contributed by atoms with Gasteiger partial charge < -0.3 is 0 Å². The van der Waals surface area contributed by atoms with Crippen molar-refractivity contribution in [2.24, 2.45) is 0 Å². The van der Waals surface area contributed by atoms with E-state index in [1.54, 1.807) is 0 Å². The Morgan fingerprint density at radius 2 is 1.21 bits per heavy atom. The minimum atomic E-state index is -0.244. The van der Waals surface area contributed by atoms with Gasteiger partial charge in [0.05, 0.1) is 11.4 Å². The molecule has 0 N–H and O–H groups in total. The normalized spacial score (nSPS) is 16.7. The fraction of sp³-hybridized carbons (Fsp3) is 0.350. The maximum Gasteiger partial charge on any atom is 0.134 e. The Balaban J connectivity index is 1.51. The van der Waals surface area contributed by atoms with E-state index in [0.717, 1.165) is 11.5 Å². The molecule has 0 atom stereocenters. The number of fused-ring (bicyclic) bond motifs is 8. The fourth-order valence-electron chi connectivity index (χ4n) is 8.16. The van der Waals surface area contributed by atoms with Crippen molar-refractivity contribution >= 4 is 32.3 Å². The van der Waals surface area contributed by atoms with Crippen LogP contribution >= 0.6 is 0 Å². The number of aromatic nitrogens is 2. The molecule has 210 valence electrons. The highest BCUT2D eigenvalue weighted by Crippen LogP contribution is 2.57. The van der Waals surface area contributed by atoms with Crippen LogP contribution in [0.4, 0.5) is 0 Å². The van der Waals surface area contributed by atoms with E-state index >= 15 is 0 Å². The monoisotopic (exact) mass is 548 g/mol. The molecule has 2 nitrogen and oxygen atoms in total. The molecule has 1 aromatic heterocycles. The molecule has 0 saturated carbocycles. The molecule has 1 heterocycles. The van der Waals surface area contributed by atoms with E-state index in [4.69, 9.17) is 9.97 Å². The molecule has 0 unspecified atom stereocenters. The highest BCUT2D eigenvalue weighted by Gasteiger charge is 2.44. The van der Waals surface area contributed by atoms with E-state index in [9.17, 15) is 0 Å². The van der Waals surface area contributed by atoms with Crippen LogP contribution in [-0.4, -0.2) is 9.97 Å². The smallest absolute Gasteiger partial charge is 0.134 e. The zero-order valence-corrected chi connectivity index (χ0v) is 26.7. The topological polar surface area (TPSA) is 25.8 Å². The Hall–Kier alpha value is -3.78. The number of rotatable bonds is 0. The van der Waals surface area contributed by atoms with Crippen molar-refractivity contribution in [3.8, 4) is 22.3 Å². The summed E-state index contributed by atoms with van der Waals surface area (Å²) in [6.45, 7) is 23.0. The van der Waals surface area contributed by atoms with Crippen LogP contribution < -0.4 is 0 Å². The van der Waals surface area contributed by atoms with E-state index in [2.05, 4.69) is 130 Å². The van der Waals surface area contributed by atoms with Gasteiger partial charge in [0.15, 0.2) is 0 Å². The van der Waals surface area contributed by atoms with Crippen molar-refractivity contribution in [1.82, 2.24) is 9.97 Å². The average molecular weight is 549 g/mol. The van der Waals surface area contributed by atoms with Gasteiger partial charge in [-0.3, -0.25) is 0 Å². The first-order chi connectivity index (χ1) is 19.6. The van der Waals surface area contributed by atoms with Gasteiger partial charge >= 0.3 is 0 Å². The molecule has 0 radical (unpaired) electrons. The number of nitrogens with zero attached hydrogens (tertiary/aromatic N) is 2. The third-order valence-electron chi connectivity index (χ3n) is 10.2. The molecule has 0 saturated heterocycles. The van der Waals surface area contributed by atoms with Crippen LogP contribution in [0, 0.1) is 0 Å². The van der Waals surface area contributed by atoms with Crippen molar-refractivity contribution < 1.29 is 0 Å². The molecule has 8 rings (SSSR count). The minimum Gasteiger partial charge on any atom is -0.236 e. The van der Waals surface area contributed by atoms with Crippen molar-refractivity contribution in [1.29, 1.82) is 0 Å². The highest BCUT2D eigenvalue weighted by molar-refractivity contribution is 6.28. The summed E-state index contributed by atoms with van der Waals surface area (Å²) in [7, 11) is 0. The first-order valence-electron chi connectivity index (χ1n) is 15.4. The summed E-state index contributed by atoms with van der Waals surface area (Å²) in [6.07, 6.45) is 0. The molecule has 2 aliphatic carbocycles. The second-order valence-corrected chi connectivity index (χ2v) is 15.9. The van der Waals surface area contributed by atoms with E-state index in [1.165, 1.54) is 77.0 Å². The van der Waals surface area contributed by atoms with Crippen LogP contribution in [0.25, 0.3) is 54.6 Å². The molecule has 2 aliphatic rings. The lowest BCUT2D eigenvalue weighted by molar-refractivity contribution is 0.503. The average Bonchev–Trinajstić information content (AvgIpc) is 3.29. The first kappa shape index (κ1) is 25.9. The molecule has 6 aromatic rings. The molecule has 2 heteroatoms. The summed E-state index contributed by atoms with van der Waals surface area (Å²) in [6, 6.07) is 23.5. The second-order valence-electron chi connectivity index (χ2n) is 15.9. The lowest BCUT2D eigenvalue weighted by atomic mass is 9.78. The van der Waals surface area contributed by atoms with Crippen LogP contribution in [0.5, 0.6) is 0 Å². The minimum absolute atomic E-state index is 0.0198. The van der Waals surface area contributed by atoms with E-state index < -0.39 is 0 Å². The molecule has 0 aliphatic heterocycles. The van der Waals surface area contributed by atoms with Gasteiger partial charge in [-0.2, -0.15) is 0 Å². The molecule has 0 amide bonds. The maximum atomic E-state index is 5.36. The summed E-state index contributed by atoms with van der Waals surface area (Å²) >= 11 is 0. The Bertz CT molecular complexity index is 2140. The van der Waals surface area contributed by atoms with Gasteiger partial charge in [0, 0.05) is 27.2 Å². The fourth-order valence-corrected chi connectivity index (χ4v) is 8.16. The SMILES string of the molecule is CC(C)(C)c1nc(C(C)(C)C)c2c(n1)C(C)(C)c1c-2cc2ccc3cc4c(c5ccc1c2c35)-c1ccccc1C4(C)C. The van der Waals surface area contributed by atoms with Gasteiger partial charge in [0.1, 0.15) is 5.82 Å². The zero-order chi connectivity index (χ0) is 29.7. The summed E-state index contributed by atoms with van der Waals surface area (Å²) < 4.78 is 0. The van der Waals surface area contributed by atoms with E-state index in [-0.39, 0.29) is 21.7 Å². The Morgan fingerprint density at radius 3 is 1.90 bits per heavy atom. The molecular weight excluding hydrogens is 508 g/mol. The highest BCUT2D eigenvalue weighted by atomic mass is 14.9. The molecule has 42 heavy (non-hydrogen) atoms. The van der Waals surface area contributed by atoms with Crippen LogP contribution in [0.3, 0.4) is 0 Å². The molecule has 0 bridgehead atoms. The molecular formula is C40H40N2. The van der Waals surface area contributed by atoms with Gasteiger partial charge in [-0.25, -0.2) is 9.97 Å². The summed E-state index contributed by atoms with van der Waals surface area (Å²) in [5.74, 6) is 0.936. The van der Waals surface area contributed by atoms with Crippen molar-refractivity contribution in [2.45, 2.75) is 90.9 Å². The predicted octanol–water partition coefficient (Wildman–Crippen LogP) is 10.6. The number of hydrogen-bond donors (Lipinski definition) is 0. The molecule has 0 fully saturated rings.